The molecule has 4 aromatic carbocycles. The summed E-state index contributed by atoms with van der Waals surface area (Å²) < 4.78 is 69.9. The fourth-order valence-electron chi connectivity index (χ4n) is 10.2. The highest BCUT2D eigenvalue weighted by Gasteiger charge is 2.45. The number of carbonyl (C=O) groups is 2. The lowest BCUT2D eigenvalue weighted by Crippen LogP contribution is -2.52. The Balaban J connectivity index is 1.09. The molecule has 0 saturated heterocycles. The van der Waals surface area contributed by atoms with Gasteiger partial charge < -0.3 is 65.8 Å². The molecule has 0 saturated carbocycles. The highest BCUT2D eigenvalue weighted by atomic mass is 16.6. The first kappa shape index (κ1) is 51.9. The van der Waals surface area contributed by atoms with Gasteiger partial charge in [-0.1, -0.05) is 6.07 Å². The monoisotopic (exact) mass is 958 g/mol. The molecule has 69 heavy (non-hydrogen) atoms. The van der Waals surface area contributed by atoms with Crippen molar-refractivity contribution in [1.29, 1.82) is 0 Å². The van der Waals surface area contributed by atoms with Crippen LogP contribution in [0.4, 0.5) is 0 Å². The van der Waals surface area contributed by atoms with Gasteiger partial charge in [-0.15, -0.1) is 0 Å². The van der Waals surface area contributed by atoms with Crippen molar-refractivity contribution in [2.75, 3.05) is 125 Å². The van der Waals surface area contributed by atoms with E-state index in [0.29, 0.717) is 85.8 Å². The third kappa shape index (κ3) is 11.2. The number of likely N-dealkylation sites (N-methyl/N-ethyl adjacent to an activating group) is 2. The molecule has 0 aliphatic carbocycles. The van der Waals surface area contributed by atoms with Crippen LogP contribution < -0.4 is 47.4 Å². The minimum absolute atomic E-state index is 0.0585. The average Bonchev–Trinajstić information content (AvgIpc) is 3.37. The number of methoxy groups -OCH3 is 10. The molecule has 374 valence electrons. The summed E-state index contributed by atoms with van der Waals surface area (Å²) >= 11 is 0. The molecule has 6 rings (SSSR count). The SMILES string of the molecule is COc1ccc(CC2c3cc(OC)c(OC)cc3CC[N+]2(C)CCCOC(=O)C=CC(=O)OCCC[N+]2(C)CCc3cc(OC)c(OC)c(OC)c3C2c2cc(OC)c(OC)c(OC)c2)cc1OC. The minimum atomic E-state index is -0.631. The van der Waals surface area contributed by atoms with E-state index in [1.54, 1.807) is 71.1 Å². The van der Waals surface area contributed by atoms with E-state index in [1.807, 2.05) is 30.3 Å². The Labute approximate surface area is 406 Å². The van der Waals surface area contributed by atoms with Crippen LogP contribution in [0.3, 0.4) is 0 Å². The van der Waals surface area contributed by atoms with E-state index in [1.165, 1.54) is 11.1 Å². The predicted octanol–water partition coefficient (Wildman–Crippen LogP) is 7.27. The van der Waals surface area contributed by atoms with Gasteiger partial charge in [0.2, 0.25) is 11.5 Å². The highest BCUT2D eigenvalue weighted by molar-refractivity contribution is 5.91. The van der Waals surface area contributed by atoms with Gasteiger partial charge in [0.25, 0.3) is 0 Å². The van der Waals surface area contributed by atoms with E-state index in [4.69, 9.17) is 56.8 Å². The molecule has 0 radical (unpaired) electrons. The van der Waals surface area contributed by atoms with Crippen molar-refractivity contribution >= 4 is 11.9 Å². The maximum Gasteiger partial charge on any atom is 0.331 e. The minimum Gasteiger partial charge on any atom is -0.493 e. The maximum atomic E-state index is 12.9. The molecule has 16 heteroatoms. The molecule has 0 fully saturated rings. The van der Waals surface area contributed by atoms with Crippen molar-refractivity contribution in [3.63, 3.8) is 0 Å². The van der Waals surface area contributed by atoms with E-state index in [2.05, 4.69) is 32.3 Å². The van der Waals surface area contributed by atoms with Crippen molar-refractivity contribution in [2.45, 2.75) is 44.2 Å². The van der Waals surface area contributed by atoms with Crippen LogP contribution in [0.1, 0.15) is 58.3 Å². The Hall–Kier alpha value is -6.52. The van der Waals surface area contributed by atoms with Crippen molar-refractivity contribution in [3.8, 4) is 57.5 Å². The number of hydrogen-bond donors (Lipinski definition) is 0. The molecule has 2 aliphatic rings. The Morgan fingerprint density at radius 1 is 0.522 bits per heavy atom. The van der Waals surface area contributed by atoms with Gasteiger partial charge in [-0.25, -0.2) is 9.59 Å². The number of benzene rings is 4. The quantitative estimate of drug-likeness (QED) is 0.0318. The van der Waals surface area contributed by atoms with Crippen LogP contribution in [0.15, 0.2) is 60.7 Å². The van der Waals surface area contributed by atoms with Crippen LogP contribution in [0.5, 0.6) is 57.5 Å². The lowest BCUT2D eigenvalue weighted by atomic mass is 9.84. The first-order valence-electron chi connectivity index (χ1n) is 23.1. The van der Waals surface area contributed by atoms with Crippen LogP contribution in [0.2, 0.25) is 0 Å². The van der Waals surface area contributed by atoms with E-state index >= 15 is 0 Å². The molecule has 0 spiro atoms. The molecular formula is C53H70N2O14+2. The van der Waals surface area contributed by atoms with Crippen molar-refractivity contribution < 1.29 is 75.4 Å². The lowest BCUT2D eigenvalue weighted by molar-refractivity contribution is -0.941. The van der Waals surface area contributed by atoms with Gasteiger partial charge in [0.05, 0.1) is 130 Å². The van der Waals surface area contributed by atoms with Crippen molar-refractivity contribution in [2.24, 2.45) is 0 Å². The third-order valence-electron chi connectivity index (χ3n) is 13.7. The van der Waals surface area contributed by atoms with Gasteiger partial charge in [-0.05, 0) is 59.2 Å². The molecule has 2 heterocycles. The number of ether oxygens (including phenoxy) is 12. The largest absolute Gasteiger partial charge is 0.493 e. The normalized spacial score (nSPS) is 19.4. The standard InChI is InChI=1S/C53H70N2O14/c1-54(23-19-35-29-42(60-5)43(61-6)33-38(35)39(54)27-34-15-16-40(58-3)41(28-34)59-4)21-13-25-68-47(56)17-18-48(57)69-26-14-22-55(2)24-20-36-30-46(64-9)52(66-11)53(67-12)49(36)50(55)37-31-44(62-7)51(65-10)45(32-37)63-8/h15-18,28-33,39,50H,13-14,19-27H2,1-12H3/q+2. The Bertz CT molecular complexity index is 2450. The summed E-state index contributed by atoms with van der Waals surface area (Å²) in [7, 11) is 20.5. The number of nitrogens with zero attached hydrogens (tertiary/aromatic N) is 2. The van der Waals surface area contributed by atoms with E-state index < -0.39 is 11.9 Å². The summed E-state index contributed by atoms with van der Waals surface area (Å²) in [5.41, 5.74) is 6.42. The third-order valence-corrected chi connectivity index (χ3v) is 13.7. The van der Waals surface area contributed by atoms with E-state index in [-0.39, 0.29) is 25.3 Å². The summed E-state index contributed by atoms with van der Waals surface area (Å²) in [6.45, 7) is 3.30. The van der Waals surface area contributed by atoms with Gasteiger partial charge in [0.1, 0.15) is 12.1 Å². The Morgan fingerprint density at radius 3 is 1.55 bits per heavy atom. The second-order valence-electron chi connectivity index (χ2n) is 17.6. The fourth-order valence-corrected chi connectivity index (χ4v) is 10.2. The highest BCUT2D eigenvalue weighted by Crippen LogP contribution is 2.53. The van der Waals surface area contributed by atoms with Crippen LogP contribution in [0, 0.1) is 0 Å². The number of rotatable bonds is 23. The molecule has 4 atom stereocenters. The van der Waals surface area contributed by atoms with E-state index in [0.717, 1.165) is 73.3 Å². The lowest BCUT2D eigenvalue weighted by Gasteiger charge is -2.46. The van der Waals surface area contributed by atoms with Gasteiger partial charge >= 0.3 is 11.9 Å². The van der Waals surface area contributed by atoms with Crippen molar-refractivity contribution in [3.05, 3.63) is 94.1 Å². The summed E-state index contributed by atoms with van der Waals surface area (Å²) in [5, 5.41) is 0. The molecule has 16 nitrogen and oxygen atoms in total. The van der Waals surface area contributed by atoms with Crippen LogP contribution in [0.25, 0.3) is 0 Å². The summed E-state index contributed by atoms with van der Waals surface area (Å²) in [5.74, 6) is 4.64. The average molecular weight is 959 g/mol. The van der Waals surface area contributed by atoms with Crippen LogP contribution >= 0.6 is 0 Å². The molecule has 4 aromatic rings. The molecular weight excluding hydrogens is 889 g/mol. The first-order valence-corrected chi connectivity index (χ1v) is 23.1. The van der Waals surface area contributed by atoms with Gasteiger partial charge in [0, 0.05) is 55.4 Å². The van der Waals surface area contributed by atoms with Crippen LogP contribution in [-0.2, 0) is 38.3 Å². The smallest absolute Gasteiger partial charge is 0.331 e. The number of esters is 2. The van der Waals surface area contributed by atoms with Gasteiger partial charge in [-0.3, -0.25) is 0 Å². The number of quaternary nitrogens is 2. The predicted molar refractivity (Wildman–Crippen MR) is 259 cm³/mol. The molecule has 4 unspecified atom stereocenters. The second-order valence-corrected chi connectivity index (χ2v) is 17.6. The Kier molecular flexibility index (Phi) is 17.4. The number of carbonyl (C=O) groups excluding carboxylic acids is 2. The zero-order chi connectivity index (χ0) is 49.9. The number of fused-ring (bicyclic) bond motifs is 2. The van der Waals surface area contributed by atoms with Crippen molar-refractivity contribution in [1.82, 2.24) is 0 Å². The maximum absolute atomic E-state index is 12.9. The van der Waals surface area contributed by atoms with Gasteiger partial charge in [0.15, 0.2) is 46.0 Å². The molecule has 0 aromatic heterocycles. The summed E-state index contributed by atoms with van der Waals surface area (Å²) in [4.78, 5) is 25.8. The zero-order valence-electron chi connectivity index (χ0n) is 42.3. The fraction of sp³-hybridized carbons (Fsp3) is 0.472. The molecule has 0 amide bonds. The zero-order valence-corrected chi connectivity index (χ0v) is 42.3. The van der Waals surface area contributed by atoms with Gasteiger partial charge in [-0.2, -0.15) is 0 Å². The first-order chi connectivity index (χ1) is 33.3. The number of hydrogen-bond acceptors (Lipinski definition) is 14. The summed E-state index contributed by atoms with van der Waals surface area (Å²) in [6.07, 6.45) is 5.68. The molecule has 0 bridgehead atoms. The topological polar surface area (TPSA) is 145 Å². The Morgan fingerprint density at radius 2 is 1.00 bits per heavy atom. The van der Waals surface area contributed by atoms with E-state index in [9.17, 15) is 9.59 Å². The molecule has 0 N–H and O–H groups in total. The molecule has 2 aliphatic heterocycles. The summed E-state index contributed by atoms with van der Waals surface area (Å²) in [6, 6.07) is 15.9. The van der Waals surface area contributed by atoms with Crippen LogP contribution in [-0.4, -0.2) is 145 Å². The second kappa shape index (κ2) is 23.2.